The van der Waals surface area contributed by atoms with Crippen LogP contribution in [-0.2, 0) is 4.74 Å². The van der Waals surface area contributed by atoms with Crippen molar-refractivity contribution in [3.63, 3.8) is 0 Å². The molecule has 0 aromatic carbocycles. The van der Waals surface area contributed by atoms with Gasteiger partial charge in [-0.3, -0.25) is 0 Å². The Morgan fingerprint density at radius 1 is 1.38 bits per heavy atom. The van der Waals surface area contributed by atoms with Crippen molar-refractivity contribution in [2.24, 2.45) is 0 Å². The zero-order chi connectivity index (χ0) is 10.5. The van der Waals surface area contributed by atoms with Crippen LogP contribution in [0.1, 0.15) is 26.2 Å². The number of halogens is 3. The van der Waals surface area contributed by atoms with Crippen LogP contribution in [0.5, 0.6) is 0 Å². The maximum Gasteiger partial charge on any atom is 0.389 e. The molecule has 2 atom stereocenters. The average molecular weight is 200 g/mol. The molecule has 0 amide bonds. The van der Waals surface area contributed by atoms with Gasteiger partial charge >= 0.3 is 6.18 Å². The van der Waals surface area contributed by atoms with Crippen molar-refractivity contribution in [3.05, 3.63) is 0 Å². The Bertz CT molecular complexity index is 136. The Labute approximate surface area is 75.7 Å². The molecule has 0 saturated carbocycles. The summed E-state index contributed by atoms with van der Waals surface area (Å²) in [6.07, 6.45) is -6.27. The van der Waals surface area contributed by atoms with Crippen LogP contribution in [0, 0.1) is 0 Å². The number of methoxy groups -OCH3 is 1. The number of ether oxygens (including phenoxy) is 1. The van der Waals surface area contributed by atoms with Gasteiger partial charge in [0.25, 0.3) is 0 Å². The lowest BCUT2D eigenvalue weighted by molar-refractivity contribution is -0.140. The van der Waals surface area contributed by atoms with Crippen LogP contribution in [0.25, 0.3) is 0 Å². The third-order valence-corrected chi connectivity index (χ3v) is 1.77. The predicted octanol–water partition coefficient (Wildman–Crippen LogP) is 2.11. The first kappa shape index (κ1) is 12.7. The summed E-state index contributed by atoms with van der Waals surface area (Å²) >= 11 is 0. The first-order chi connectivity index (χ1) is 5.85. The fourth-order valence-corrected chi connectivity index (χ4v) is 0.928. The summed E-state index contributed by atoms with van der Waals surface area (Å²) in [6, 6.07) is 0. The highest BCUT2D eigenvalue weighted by Crippen LogP contribution is 2.23. The topological polar surface area (TPSA) is 29.5 Å². The normalized spacial score (nSPS) is 17.1. The molecular weight excluding hydrogens is 185 g/mol. The standard InChI is InChI=1S/C8H15F3O2/c1-6(13-2)5-7(12)3-4-8(9,10)11/h6-7,12H,3-5H2,1-2H3. The average Bonchev–Trinajstić information content (AvgIpc) is 1.99. The Balaban J connectivity index is 3.57. The van der Waals surface area contributed by atoms with Gasteiger partial charge in [0.05, 0.1) is 12.2 Å². The molecule has 0 radical (unpaired) electrons. The summed E-state index contributed by atoms with van der Waals surface area (Å²) in [5.74, 6) is 0. The van der Waals surface area contributed by atoms with Crippen molar-refractivity contribution in [1.29, 1.82) is 0 Å². The lowest BCUT2D eigenvalue weighted by Crippen LogP contribution is -2.19. The van der Waals surface area contributed by atoms with Crippen LogP contribution in [0.2, 0.25) is 0 Å². The van der Waals surface area contributed by atoms with E-state index in [1.165, 1.54) is 7.11 Å². The van der Waals surface area contributed by atoms with Gasteiger partial charge in [-0.1, -0.05) is 0 Å². The van der Waals surface area contributed by atoms with E-state index in [0.717, 1.165) is 0 Å². The van der Waals surface area contributed by atoms with Gasteiger partial charge in [0.2, 0.25) is 0 Å². The van der Waals surface area contributed by atoms with Crippen molar-refractivity contribution in [3.8, 4) is 0 Å². The zero-order valence-electron chi connectivity index (χ0n) is 7.77. The molecule has 13 heavy (non-hydrogen) atoms. The molecular formula is C8H15F3O2. The number of hydrogen-bond donors (Lipinski definition) is 1. The highest BCUT2D eigenvalue weighted by molar-refractivity contribution is 4.63. The van der Waals surface area contributed by atoms with Crippen molar-refractivity contribution < 1.29 is 23.0 Å². The first-order valence-corrected chi connectivity index (χ1v) is 4.12. The maximum absolute atomic E-state index is 11.7. The minimum atomic E-state index is -4.18. The quantitative estimate of drug-likeness (QED) is 0.736. The molecule has 0 heterocycles. The SMILES string of the molecule is COC(C)CC(O)CCC(F)(F)F. The van der Waals surface area contributed by atoms with Crippen molar-refractivity contribution >= 4 is 0 Å². The van der Waals surface area contributed by atoms with Gasteiger partial charge in [0.1, 0.15) is 0 Å². The first-order valence-electron chi connectivity index (χ1n) is 4.12. The van der Waals surface area contributed by atoms with Gasteiger partial charge < -0.3 is 9.84 Å². The predicted molar refractivity (Wildman–Crippen MR) is 42.4 cm³/mol. The van der Waals surface area contributed by atoms with Gasteiger partial charge in [-0.15, -0.1) is 0 Å². The van der Waals surface area contributed by atoms with Gasteiger partial charge in [-0.2, -0.15) is 13.2 Å². The molecule has 0 saturated heterocycles. The Hall–Kier alpha value is -0.290. The number of aliphatic hydroxyl groups is 1. The van der Waals surface area contributed by atoms with Gasteiger partial charge in [-0.05, 0) is 19.8 Å². The molecule has 1 N–H and O–H groups in total. The van der Waals surface area contributed by atoms with E-state index in [1.807, 2.05) is 0 Å². The second-order valence-electron chi connectivity index (χ2n) is 3.09. The summed E-state index contributed by atoms with van der Waals surface area (Å²) in [5.41, 5.74) is 0. The smallest absolute Gasteiger partial charge is 0.389 e. The Kier molecular flexibility index (Phi) is 5.32. The third-order valence-electron chi connectivity index (χ3n) is 1.77. The summed E-state index contributed by atoms with van der Waals surface area (Å²) in [6.45, 7) is 1.71. The minimum absolute atomic E-state index is 0.205. The molecule has 2 unspecified atom stereocenters. The molecule has 0 spiro atoms. The van der Waals surface area contributed by atoms with E-state index in [0.29, 0.717) is 0 Å². The monoisotopic (exact) mass is 200 g/mol. The molecule has 0 aliphatic heterocycles. The maximum atomic E-state index is 11.7. The zero-order valence-corrected chi connectivity index (χ0v) is 7.77. The highest BCUT2D eigenvalue weighted by atomic mass is 19.4. The van der Waals surface area contributed by atoms with E-state index in [-0.39, 0.29) is 18.9 Å². The fourth-order valence-electron chi connectivity index (χ4n) is 0.928. The van der Waals surface area contributed by atoms with E-state index in [2.05, 4.69) is 0 Å². The Morgan fingerprint density at radius 3 is 2.31 bits per heavy atom. The summed E-state index contributed by atoms with van der Waals surface area (Å²) in [5, 5.41) is 9.13. The van der Waals surface area contributed by atoms with Crippen LogP contribution in [0.15, 0.2) is 0 Å². The molecule has 0 fully saturated rings. The third kappa shape index (κ3) is 8.05. The molecule has 0 bridgehead atoms. The van der Waals surface area contributed by atoms with Crippen LogP contribution in [0.3, 0.4) is 0 Å². The molecule has 2 nitrogen and oxygen atoms in total. The van der Waals surface area contributed by atoms with E-state index < -0.39 is 18.7 Å². The number of hydrogen-bond acceptors (Lipinski definition) is 2. The molecule has 0 aliphatic carbocycles. The number of aliphatic hydroxyl groups excluding tert-OH is 1. The van der Waals surface area contributed by atoms with Gasteiger partial charge in [-0.25, -0.2) is 0 Å². The molecule has 0 rings (SSSR count). The van der Waals surface area contributed by atoms with Crippen molar-refractivity contribution in [1.82, 2.24) is 0 Å². The summed E-state index contributed by atoms with van der Waals surface area (Å²) in [7, 11) is 1.46. The lowest BCUT2D eigenvalue weighted by atomic mass is 10.1. The van der Waals surface area contributed by atoms with E-state index in [4.69, 9.17) is 9.84 Å². The van der Waals surface area contributed by atoms with Crippen molar-refractivity contribution in [2.45, 2.75) is 44.6 Å². The van der Waals surface area contributed by atoms with Crippen molar-refractivity contribution in [2.75, 3.05) is 7.11 Å². The summed E-state index contributed by atoms with van der Waals surface area (Å²) in [4.78, 5) is 0. The second-order valence-corrected chi connectivity index (χ2v) is 3.09. The van der Waals surface area contributed by atoms with Crippen LogP contribution in [-0.4, -0.2) is 30.6 Å². The van der Waals surface area contributed by atoms with E-state index in [1.54, 1.807) is 6.92 Å². The largest absolute Gasteiger partial charge is 0.393 e. The van der Waals surface area contributed by atoms with Gasteiger partial charge in [0, 0.05) is 13.5 Å². The van der Waals surface area contributed by atoms with E-state index in [9.17, 15) is 13.2 Å². The lowest BCUT2D eigenvalue weighted by Gasteiger charge is -2.15. The molecule has 0 aromatic rings. The van der Waals surface area contributed by atoms with Gasteiger partial charge in [0.15, 0.2) is 0 Å². The van der Waals surface area contributed by atoms with E-state index >= 15 is 0 Å². The Morgan fingerprint density at radius 2 is 1.92 bits per heavy atom. The number of rotatable bonds is 5. The molecule has 5 heteroatoms. The number of alkyl halides is 3. The molecule has 0 aromatic heterocycles. The summed E-state index contributed by atoms with van der Waals surface area (Å²) < 4.78 is 39.9. The second kappa shape index (κ2) is 5.44. The fraction of sp³-hybridized carbons (Fsp3) is 1.00. The van der Waals surface area contributed by atoms with Crippen LogP contribution in [0.4, 0.5) is 13.2 Å². The molecule has 0 aliphatic rings. The van der Waals surface area contributed by atoms with Crippen LogP contribution >= 0.6 is 0 Å². The minimum Gasteiger partial charge on any atom is -0.393 e. The highest BCUT2D eigenvalue weighted by Gasteiger charge is 2.28. The van der Waals surface area contributed by atoms with Crippen LogP contribution < -0.4 is 0 Å². The molecule has 80 valence electrons.